The number of anilines is 2. The predicted octanol–water partition coefficient (Wildman–Crippen LogP) is 2.62. The van der Waals surface area contributed by atoms with Gasteiger partial charge in [-0.15, -0.1) is 11.3 Å². The lowest BCUT2D eigenvalue weighted by Crippen LogP contribution is -2.29. The third-order valence-corrected chi connectivity index (χ3v) is 3.74. The lowest BCUT2D eigenvalue weighted by atomic mass is 10.1. The molecule has 0 radical (unpaired) electrons. The van der Waals surface area contributed by atoms with Gasteiger partial charge in [-0.1, -0.05) is 0 Å². The molecule has 0 bridgehead atoms. The average molecular weight is 246 g/mol. The molecule has 2 rings (SSSR count). The summed E-state index contributed by atoms with van der Waals surface area (Å²) in [7, 11) is 1.95. The van der Waals surface area contributed by atoms with Crippen LogP contribution in [0.15, 0.2) is 17.6 Å². The number of nitrogens with zero attached hydrogens (tertiary/aromatic N) is 3. The van der Waals surface area contributed by atoms with Crippen LogP contribution < -0.4 is 10.6 Å². The van der Waals surface area contributed by atoms with E-state index in [0.29, 0.717) is 12.1 Å². The van der Waals surface area contributed by atoms with E-state index in [1.807, 2.05) is 31.0 Å². The molecule has 0 spiro atoms. The number of nitrogen functional groups attached to an aromatic ring is 1. The number of nitrogens with two attached hydrogens (primary N) is 1. The molecule has 0 saturated heterocycles. The maximum absolute atomic E-state index is 8.72. The van der Waals surface area contributed by atoms with Gasteiger partial charge in [0.05, 0.1) is 34.1 Å². The number of rotatable bonds is 3. The van der Waals surface area contributed by atoms with E-state index in [-0.39, 0.29) is 6.04 Å². The van der Waals surface area contributed by atoms with Gasteiger partial charge in [-0.25, -0.2) is 4.98 Å². The summed E-state index contributed by atoms with van der Waals surface area (Å²) in [5, 5.41) is 8.72. The molecule has 1 atom stereocenters. The Balaban J connectivity index is 2.41. The molecule has 4 nitrogen and oxygen atoms in total. The first kappa shape index (κ1) is 11.7. The number of aromatic nitrogens is 1. The third-order valence-electron chi connectivity index (χ3n) is 2.95. The Morgan fingerprint density at radius 1 is 1.59 bits per heavy atom. The van der Waals surface area contributed by atoms with Gasteiger partial charge in [-0.2, -0.15) is 5.26 Å². The molecule has 2 N–H and O–H groups in total. The molecule has 17 heavy (non-hydrogen) atoms. The van der Waals surface area contributed by atoms with Gasteiger partial charge >= 0.3 is 0 Å². The number of nitriles is 1. The first-order valence-corrected chi connectivity index (χ1v) is 6.24. The van der Waals surface area contributed by atoms with Crippen molar-refractivity contribution in [2.24, 2.45) is 0 Å². The van der Waals surface area contributed by atoms with Gasteiger partial charge in [0.2, 0.25) is 0 Å². The molecule has 0 amide bonds. The molecule has 0 fully saturated rings. The average Bonchev–Trinajstić information content (AvgIpc) is 2.78. The summed E-state index contributed by atoms with van der Waals surface area (Å²) in [4.78, 5) is 6.29. The van der Waals surface area contributed by atoms with Crippen LogP contribution in [0.2, 0.25) is 0 Å². The topological polar surface area (TPSA) is 65.9 Å². The molecule has 2 aromatic rings. The second kappa shape index (κ2) is 4.60. The van der Waals surface area contributed by atoms with Crippen LogP contribution in [0, 0.1) is 11.3 Å². The number of hydrogen-bond donors (Lipinski definition) is 1. The van der Waals surface area contributed by atoms with Crippen molar-refractivity contribution in [2.45, 2.75) is 19.4 Å². The number of benzene rings is 1. The number of fused-ring (bicyclic) bond motifs is 1. The van der Waals surface area contributed by atoms with E-state index < -0.39 is 0 Å². The maximum Gasteiger partial charge on any atom is 0.106 e. The van der Waals surface area contributed by atoms with Crippen LogP contribution >= 0.6 is 11.3 Å². The van der Waals surface area contributed by atoms with E-state index in [9.17, 15) is 0 Å². The molecule has 0 saturated carbocycles. The highest BCUT2D eigenvalue weighted by Crippen LogP contribution is 2.32. The van der Waals surface area contributed by atoms with Crippen molar-refractivity contribution in [1.29, 1.82) is 5.26 Å². The zero-order valence-corrected chi connectivity index (χ0v) is 10.7. The zero-order chi connectivity index (χ0) is 12.4. The van der Waals surface area contributed by atoms with Crippen molar-refractivity contribution < 1.29 is 0 Å². The normalized spacial score (nSPS) is 12.3. The van der Waals surface area contributed by atoms with Gasteiger partial charge in [-0.05, 0) is 19.1 Å². The maximum atomic E-state index is 8.72. The van der Waals surface area contributed by atoms with Crippen LogP contribution in [0.5, 0.6) is 0 Å². The first-order chi connectivity index (χ1) is 8.15. The van der Waals surface area contributed by atoms with Gasteiger partial charge in [0, 0.05) is 13.1 Å². The summed E-state index contributed by atoms with van der Waals surface area (Å²) in [6, 6.07) is 6.32. The van der Waals surface area contributed by atoms with E-state index in [2.05, 4.69) is 11.1 Å². The van der Waals surface area contributed by atoms with E-state index in [1.165, 1.54) is 0 Å². The van der Waals surface area contributed by atoms with Gasteiger partial charge in [0.25, 0.3) is 0 Å². The van der Waals surface area contributed by atoms with Crippen molar-refractivity contribution in [1.82, 2.24) is 4.98 Å². The van der Waals surface area contributed by atoms with Crippen molar-refractivity contribution in [3.05, 3.63) is 17.6 Å². The van der Waals surface area contributed by atoms with Gasteiger partial charge < -0.3 is 10.6 Å². The molecular weight excluding hydrogens is 232 g/mol. The summed E-state index contributed by atoms with van der Waals surface area (Å²) >= 11 is 1.58. The predicted molar refractivity (Wildman–Crippen MR) is 72.1 cm³/mol. The van der Waals surface area contributed by atoms with Crippen LogP contribution in [-0.2, 0) is 0 Å². The second-order valence-corrected chi connectivity index (χ2v) is 4.91. The molecule has 0 aliphatic heterocycles. The number of thiazole rings is 1. The molecule has 1 unspecified atom stereocenters. The molecule has 0 aliphatic carbocycles. The van der Waals surface area contributed by atoms with Crippen LogP contribution in [0.1, 0.15) is 13.3 Å². The molecular formula is C12H14N4S. The lowest BCUT2D eigenvalue weighted by Gasteiger charge is -2.26. The minimum Gasteiger partial charge on any atom is -0.395 e. The second-order valence-electron chi connectivity index (χ2n) is 4.02. The molecule has 5 heteroatoms. The molecule has 1 heterocycles. The van der Waals surface area contributed by atoms with E-state index in [0.717, 1.165) is 15.9 Å². The Labute approximate surface area is 104 Å². The molecule has 88 valence electrons. The minimum atomic E-state index is 0.137. The smallest absolute Gasteiger partial charge is 0.106 e. The highest BCUT2D eigenvalue weighted by atomic mass is 32.1. The zero-order valence-electron chi connectivity index (χ0n) is 9.84. The Hall–Kier alpha value is -1.80. The van der Waals surface area contributed by atoms with E-state index in [4.69, 9.17) is 11.0 Å². The standard InChI is InChI=1S/C12H14N4S/c1-8(5-6-13)16(2)9-3-4-10-12(11(9)14)15-7-17-10/h3-4,7-8H,5,14H2,1-2H3. The van der Waals surface area contributed by atoms with Gasteiger partial charge in [0.15, 0.2) is 0 Å². The van der Waals surface area contributed by atoms with Crippen molar-refractivity contribution in [3.63, 3.8) is 0 Å². The van der Waals surface area contributed by atoms with Crippen LogP contribution in [0.3, 0.4) is 0 Å². The highest BCUT2D eigenvalue weighted by Gasteiger charge is 2.14. The van der Waals surface area contributed by atoms with E-state index in [1.54, 1.807) is 16.8 Å². The summed E-state index contributed by atoms with van der Waals surface area (Å²) < 4.78 is 1.09. The summed E-state index contributed by atoms with van der Waals surface area (Å²) in [5.74, 6) is 0. The Morgan fingerprint density at radius 2 is 2.35 bits per heavy atom. The summed E-state index contributed by atoms with van der Waals surface area (Å²) in [6.45, 7) is 2.01. The quantitative estimate of drug-likeness (QED) is 0.845. The fourth-order valence-electron chi connectivity index (χ4n) is 1.76. The lowest BCUT2D eigenvalue weighted by molar-refractivity contribution is 0.704. The molecule has 1 aromatic carbocycles. The Kier molecular flexibility index (Phi) is 3.16. The fraction of sp³-hybridized carbons (Fsp3) is 0.333. The number of hydrogen-bond acceptors (Lipinski definition) is 5. The molecule has 1 aromatic heterocycles. The third kappa shape index (κ3) is 2.04. The van der Waals surface area contributed by atoms with Gasteiger partial charge in [-0.3, -0.25) is 0 Å². The Morgan fingerprint density at radius 3 is 3.06 bits per heavy atom. The monoisotopic (exact) mass is 246 g/mol. The van der Waals surface area contributed by atoms with Crippen molar-refractivity contribution in [3.8, 4) is 6.07 Å². The van der Waals surface area contributed by atoms with Gasteiger partial charge in [0.1, 0.15) is 5.52 Å². The summed E-state index contributed by atoms with van der Waals surface area (Å²) in [6.07, 6.45) is 0.477. The minimum absolute atomic E-state index is 0.137. The Bertz CT molecular complexity index is 569. The van der Waals surface area contributed by atoms with Crippen LogP contribution in [0.25, 0.3) is 10.2 Å². The highest BCUT2D eigenvalue weighted by molar-refractivity contribution is 7.16. The van der Waals surface area contributed by atoms with Crippen molar-refractivity contribution >= 4 is 32.9 Å². The van der Waals surface area contributed by atoms with Crippen LogP contribution in [0.4, 0.5) is 11.4 Å². The van der Waals surface area contributed by atoms with Crippen molar-refractivity contribution in [2.75, 3.05) is 17.7 Å². The van der Waals surface area contributed by atoms with E-state index >= 15 is 0 Å². The fourth-order valence-corrected chi connectivity index (χ4v) is 2.45. The van der Waals surface area contributed by atoms with Crippen LogP contribution in [-0.4, -0.2) is 18.1 Å². The first-order valence-electron chi connectivity index (χ1n) is 5.36. The largest absolute Gasteiger partial charge is 0.395 e. The molecule has 0 aliphatic rings. The summed E-state index contributed by atoms with van der Waals surface area (Å²) in [5.41, 5.74) is 10.4. The SMILES string of the molecule is CC(CC#N)N(C)c1ccc2scnc2c1N.